The molecule has 2 N–H and O–H groups in total. The second kappa shape index (κ2) is 11.5. The summed E-state index contributed by atoms with van der Waals surface area (Å²) < 4.78 is 16.7. The Bertz CT molecular complexity index is 976. The molecule has 1 aliphatic heterocycles. The minimum absolute atomic E-state index is 0.0631. The van der Waals surface area contributed by atoms with Crippen molar-refractivity contribution in [3.05, 3.63) is 53.6 Å². The molecular weight excluding hydrogens is 430 g/mol. The van der Waals surface area contributed by atoms with Crippen molar-refractivity contribution in [2.24, 2.45) is 4.99 Å². The summed E-state index contributed by atoms with van der Waals surface area (Å²) in [7, 11) is 1.58. The number of thioether (sulfide) groups is 1. The van der Waals surface area contributed by atoms with E-state index in [1.165, 1.54) is 11.8 Å². The van der Waals surface area contributed by atoms with Gasteiger partial charge in [0.15, 0.2) is 5.17 Å². The van der Waals surface area contributed by atoms with Gasteiger partial charge in [-0.1, -0.05) is 11.8 Å². The number of benzene rings is 2. The summed E-state index contributed by atoms with van der Waals surface area (Å²) in [6.07, 6.45) is -0.0631. The lowest BCUT2D eigenvalue weighted by atomic mass is 10.1. The first-order chi connectivity index (χ1) is 15.4. The van der Waals surface area contributed by atoms with Crippen molar-refractivity contribution in [2.45, 2.75) is 20.0 Å². The van der Waals surface area contributed by atoms with Gasteiger partial charge >= 0.3 is 0 Å². The van der Waals surface area contributed by atoms with Crippen molar-refractivity contribution in [2.75, 3.05) is 32.6 Å². The van der Waals surface area contributed by atoms with E-state index in [2.05, 4.69) is 15.6 Å². The first-order valence-corrected chi connectivity index (χ1v) is 11.3. The summed E-state index contributed by atoms with van der Waals surface area (Å²) in [4.78, 5) is 29.1. The molecule has 9 heteroatoms. The Morgan fingerprint density at radius 1 is 1.03 bits per heavy atom. The summed E-state index contributed by atoms with van der Waals surface area (Å²) >= 11 is 1.51. The smallest absolute Gasteiger partial charge is 0.257 e. The van der Waals surface area contributed by atoms with Gasteiger partial charge in [-0.25, -0.2) is 0 Å². The van der Waals surface area contributed by atoms with Crippen LogP contribution >= 0.6 is 11.8 Å². The quantitative estimate of drug-likeness (QED) is 0.560. The second-order valence-electron chi connectivity index (χ2n) is 7.22. The molecule has 2 aromatic rings. The van der Waals surface area contributed by atoms with Gasteiger partial charge in [-0.15, -0.1) is 0 Å². The Balaban J connectivity index is 1.74. The zero-order valence-corrected chi connectivity index (χ0v) is 19.2. The lowest BCUT2D eigenvalue weighted by Crippen LogP contribution is -2.27. The highest BCUT2D eigenvalue weighted by atomic mass is 32.2. The molecule has 170 valence electrons. The normalized spacial score (nSPS) is 12.9. The predicted molar refractivity (Wildman–Crippen MR) is 125 cm³/mol. The van der Waals surface area contributed by atoms with Gasteiger partial charge in [-0.2, -0.15) is 0 Å². The Morgan fingerprint density at radius 2 is 1.78 bits per heavy atom. The standard InChI is InChI=1S/C23H27N3O5S/c1-15(2)30-19-12-17(22(28)26-23-25-9-11-32-23)13-20(14-19)31-18-6-4-16(5-7-18)21(27)24-8-10-29-3/h4-7,12-15H,8-11H2,1-3H3,(H,24,27)(H,25,26,28). The predicted octanol–water partition coefficient (Wildman–Crippen LogP) is 3.47. The molecule has 0 saturated carbocycles. The van der Waals surface area contributed by atoms with Crippen LogP contribution in [0, 0.1) is 0 Å². The molecule has 0 spiro atoms. The van der Waals surface area contributed by atoms with Crippen molar-refractivity contribution in [3.63, 3.8) is 0 Å². The molecule has 0 aliphatic carbocycles. The molecule has 0 radical (unpaired) electrons. The monoisotopic (exact) mass is 457 g/mol. The van der Waals surface area contributed by atoms with Gasteiger partial charge in [0.1, 0.15) is 17.2 Å². The molecule has 1 aliphatic rings. The van der Waals surface area contributed by atoms with Crippen LogP contribution in [0.1, 0.15) is 34.6 Å². The largest absolute Gasteiger partial charge is 0.491 e. The summed E-state index contributed by atoms with van der Waals surface area (Å²) in [5.41, 5.74) is 0.919. The average Bonchev–Trinajstić information content (AvgIpc) is 3.27. The number of amidine groups is 1. The third kappa shape index (κ3) is 7.00. The number of amides is 2. The Hall–Kier alpha value is -3.04. The molecule has 1 heterocycles. The van der Waals surface area contributed by atoms with Crippen molar-refractivity contribution in [1.82, 2.24) is 10.6 Å². The molecular formula is C23H27N3O5S. The van der Waals surface area contributed by atoms with Crippen LogP contribution in [-0.4, -0.2) is 55.6 Å². The minimum Gasteiger partial charge on any atom is -0.491 e. The summed E-state index contributed by atoms with van der Waals surface area (Å²) in [5, 5.41) is 6.20. The molecule has 32 heavy (non-hydrogen) atoms. The fourth-order valence-electron chi connectivity index (χ4n) is 2.86. The first kappa shape index (κ1) is 23.6. The molecule has 0 fully saturated rings. The zero-order chi connectivity index (χ0) is 22.9. The Labute approximate surface area is 191 Å². The van der Waals surface area contributed by atoms with Gasteiger partial charge in [0.25, 0.3) is 11.8 Å². The Kier molecular flexibility index (Phi) is 8.52. The number of nitrogens with zero attached hydrogens (tertiary/aromatic N) is 1. The van der Waals surface area contributed by atoms with Gasteiger partial charge in [0.05, 0.1) is 19.3 Å². The SMILES string of the molecule is COCCNC(=O)c1ccc(Oc2cc(OC(C)C)cc(C(=O)NC3=NCCS3)c2)cc1. The van der Waals surface area contributed by atoms with Crippen molar-refractivity contribution >= 4 is 28.7 Å². The van der Waals surface area contributed by atoms with E-state index in [1.54, 1.807) is 49.6 Å². The maximum Gasteiger partial charge on any atom is 0.257 e. The number of aliphatic imine (C=N–C) groups is 1. The van der Waals surface area contributed by atoms with Crippen LogP contribution in [0.15, 0.2) is 47.5 Å². The fourth-order valence-corrected chi connectivity index (χ4v) is 3.58. The number of methoxy groups -OCH3 is 1. The van der Waals surface area contributed by atoms with E-state index >= 15 is 0 Å². The van der Waals surface area contributed by atoms with Gasteiger partial charge < -0.3 is 24.8 Å². The molecule has 2 aromatic carbocycles. The van der Waals surface area contributed by atoms with E-state index in [0.717, 1.165) is 5.75 Å². The molecule has 0 saturated heterocycles. The lowest BCUT2D eigenvalue weighted by molar-refractivity contribution is 0.0935. The number of carbonyl (C=O) groups excluding carboxylic acids is 2. The van der Waals surface area contributed by atoms with E-state index in [9.17, 15) is 9.59 Å². The fraction of sp³-hybridized carbons (Fsp3) is 0.348. The first-order valence-electron chi connectivity index (χ1n) is 10.3. The average molecular weight is 458 g/mol. The van der Waals surface area contributed by atoms with Gasteiger partial charge in [0.2, 0.25) is 0 Å². The van der Waals surface area contributed by atoms with Crippen molar-refractivity contribution < 1.29 is 23.8 Å². The lowest BCUT2D eigenvalue weighted by Gasteiger charge is -2.14. The number of hydrogen-bond donors (Lipinski definition) is 2. The molecule has 0 atom stereocenters. The summed E-state index contributed by atoms with van der Waals surface area (Å²) in [5.74, 6) is 1.90. The summed E-state index contributed by atoms with van der Waals surface area (Å²) in [6.45, 7) is 5.41. The molecule has 2 amide bonds. The number of rotatable bonds is 9. The Morgan fingerprint density at radius 3 is 2.44 bits per heavy atom. The highest BCUT2D eigenvalue weighted by Crippen LogP contribution is 2.28. The number of ether oxygens (including phenoxy) is 3. The minimum atomic E-state index is -0.278. The van der Waals surface area contributed by atoms with Gasteiger partial charge in [-0.05, 0) is 50.2 Å². The van der Waals surface area contributed by atoms with Gasteiger partial charge in [0, 0.05) is 36.6 Å². The van der Waals surface area contributed by atoms with E-state index in [0.29, 0.717) is 53.2 Å². The maximum absolute atomic E-state index is 12.7. The van der Waals surface area contributed by atoms with Crippen molar-refractivity contribution in [1.29, 1.82) is 0 Å². The van der Waals surface area contributed by atoms with Crippen LogP contribution in [-0.2, 0) is 4.74 Å². The van der Waals surface area contributed by atoms with Crippen LogP contribution in [0.3, 0.4) is 0 Å². The highest BCUT2D eigenvalue weighted by molar-refractivity contribution is 8.14. The second-order valence-corrected chi connectivity index (χ2v) is 8.31. The molecule has 8 nitrogen and oxygen atoms in total. The maximum atomic E-state index is 12.7. The van der Waals surface area contributed by atoms with Crippen molar-refractivity contribution in [3.8, 4) is 17.2 Å². The number of nitrogens with one attached hydrogen (secondary N) is 2. The van der Waals surface area contributed by atoms with Gasteiger partial charge in [-0.3, -0.25) is 14.6 Å². The summed E-state index contributed by atoms with van der Waals surface area (Å²) in [6, 6.07) is 11.8. The van der Waals surface area contributed by atoms with Crippen LogP contribution in [0.2, 0.25) is 0 Å². The van der Waals surface area contributed by atoms with Crippen LogP contribution < -0.4 is 20.1 Å². The number of hydrogen-bond acceptors (Lipinski definition) is 7. The third-order valence-electron chi connectivity index (χ3n) is 4.26. The molecule has 0 aromatic heterocycles. The zero-order valence-electron chi connectivity index (χ0n) is 18.3. The molecule has 0 bridgehead atoms. The van der Waals surface area contributed by atoms with Crippen LogP contribution in [0.4, 0.5) is 0 Å². The van der Waals surface area contributed by atoms with Crippen LogP contribution in [0.25, 0.3) is 0 Å². The third-order valence-corrected chi connectivity index (χ3v) is 5.16. The van der Waals surface area contributed by atoms with E-state index in [1.807, 2.05) is 13.8 Å². The van der Waals surface area contributed by atoms with E-state index < -0.39 is 0 Å². The van der Waals surface area contributed by atoms with E-state index in [-0.39, 0.29) is 17.9 Å². The van der Waals surface area contributed by atoms with Crippen LogP contribution in [0.5, 0.6) is 17.2 Å². The molecule has 0 unspecified atom stereocenters. The topological polar surface area (TPSA) is 98.3 Å². The number of carbonyl (C=O) groups is 2. The molecule has 3 rings (SSSR count). The van der Waals surface area contributed by atoms with E-state index in [4.69, 9.17) is 14.2 Å². The highest BCUT2D eigenvalue weighted by Gasteiger charge is 2.16.